The molecule has 1 aliphatic heterocycles. The molecule has 2 aromatic rings. The topological polar surface area (TPSA) is 83.6 Å². The fourth-order valence-corrected chi connectivity index (χ4v) is 3.17. The number of likely N-dealkylation sites (tertiary alicyclic amines) is 1. The molecule has 0 saturated carbocycles. The van der Waals surface area contributed by atoms with E-state index in [4.69, 9.17) is 4.74 Å². The lowest BCUT2D eigenvalue weighted by molar-refractivity contribution is -0.119. The lowest BCUT2D eigenvalue weighted by atomic mass is 10.2. The van der Waals surface area contributed by atoms with Crippen LogP contribution in [0.3, 0.4) is 0 Å². The second-order valence-electron chi connectivity index (χ2n) is 6.71. The fourth-order valence-electron chi connectivity index (χ4n) is 3.17. The first-order valence-electron chi connectivity index (χ1n) is 9.71. The van der Waals surface area contributed by atoms with Crippen LogP contribution < -0.4 is 15.4 Å². The SMILES string of the molecule is CCCCNC(=O)N1CCC[C@@H]1C(=O)Nc1ccccc1Oc1cccnc1. The summed E-state index contributed by atoms with van der Waals surface area (Å²) in [6, 6.07) is 10.2. The summed E-state index contributed by atoms with van der Waals surface area (Å²) in [7, 11) is 0. The normalized spacial score (nSPS) is 15.9. The molecular formula is C21H26N4O3. The Morgan fingerprint density at radius 1 is 1.25 bits per heavy atom. The summed E-state index contributed by atoms with van der Waals surface area (Å²) in [5.74, 6) is 0.910. The summed E-state index contributed by atoms with van der Waals surface area (Å²) >= 11 is 0. The largest absolute Gasteiger partial charge is 0.454 e. The quantitative estimate of drug-likeness (QED) is 0.714. The summed E-state index contributed by atoms with van der Waals surface area (Å²) in [4.78, 5) is 30.9. The molecule has 0 radical (unpaired) electrons. The van der Waals surface area contributed by atoms with Gasteiger partial charge in [0, 0.05) is 19.3 Å². The Kier molecular flexibility index (Phi) is 6.84. The van der Waals surface area contributed by atoms with Crippen molar-refractivity contribution in [3.63, 3.8) is 0 Å². The Morgan fingerprint density at radius 3 is 2.89 bits per heavy atom. The molecule has 3 amide bonds. The van der Waals surface area contributed by atoms with E-state index in [1.54, 1.807) is 41.6 Å². The number of nitrogens with one attached hydrogen (secondary N) is 2. The van der Waals surface area contributed by atoms with Crippen molar-refractivity contribution < 1.29 is 14.3 Å². The first-order chi connectivity index (χ1) is 13.7. The number of para-hydroxylation sites is 2. The van der Waals surface area contributed by atoms with Crippen molar-refractivity contribution in [2.75, 3.05) is 18.4 Å². The number of carbonyl (C=O) groups is 2. The van der Waals surface area contributed by atoms with E-state index in [0.717, 1.165) is 19.3 Å². The maximum absolute atomic E-state index is 12.9. The van der Waals surface area contributed by atoms with Crippen LogP contribution >= 0.6 is 0 Å². The zero-order valence-corrected chi connectivity index (χ0v) is 16.1. The van der Waals surface area contributed by atoms with Gasteiger partial charge in [0.2, 0.25) is 5.91 Å². The molecule has 7 nitrogen and oxygen atoms in total. The molecule has 3 rings (SSSR count). The zero-order valence-electron chi connectivity index (χ0n) is 16.1. The van der Waals surface area contributed by atoms with Crippen LogP contribution in [0.5, 0.6) is 11.5 Å². The van der Waals surface area contributed by atoms with Gasteiger partial charge in [0.15, 0.2) is 5.75 Å². The molecule has 2 N–H and O–H groups in total. The van der Waals surface area contributed by atoms with E-state index < -0.39 is 6.04 Å². The molecule has 1 aromatic carbocycles. The summed E-state index contributed by atoms with van der Waals surface area (Å²) in [6.07, 6.45) is 6.68. The molecule has 7 heteroatoms. The van der Waals surface area contributed by atoms with Gasteiger partial charge in [-0.25, -0.2) is 4.79 Å². The Morgan fingerprint density at radius 2 is 2.11 bits per heavy atom. The van der Waals surface area contributed by atoms with Gasteiger partial charge in [-0.3, -0.25) is 9.78 Å². The summed E-state index contributed by atoms with van der Waals surface area (Å²) in [5, 5.41) is 5.81. The molecule has 1 atom stereocenters. The molecule has 2 heterocycles. The number of pyridine rings is 1. The number of urea groups is 1. The molecule has 1 aromatic heterocycles. The molecule has 0 bridgehead atoms. The minimum atomic E-state index is -0.479. The lowest BCUT2D eigenvalue weighted by Gasteiger charge is -2.24. The number of anilines is 1. The van der Waals surface area contributed by atoms with Gasteiger partial charge in [-0.1, -0.05) is 25.5 Å². The van der Waals surface area contributed by atoms with Crippen LogP contribution in [0.1, 0.15) is 32.6 Å². The highest BCUT2D eigenvalue weighted by Gasteiger charge is 2.34. The van der Waals surface area contributed by atoms with Crippen LogP contribution in [-0.2, 0) is 4.79 Å². The minimum absolute atomic E-state index is 0.175. The fraction of sp³-hybridized carbons (Fsp3) is 0.381. The second kappa shape index (κ2) is 9.73. The Labute approximate surface area is 165 Å². The molecule has 1 fully saturated rings. The van der Waals surface area contributed by atoms with Crippen molar-refractivity contribution in [2.45, 2.75) is 38.6 Å². The van der Waals surface area contributed by atoms with E-state index in [-0.39, 0.29) is 11.9 Å². The highest BCUT2D eigenvalue weighted by Crippen LogP contribution is 2.29. The van der Waals surface area contributed by atoms with Gasteiger partial charge < -0.3 is 20.3 Å². The number of benzene rings is 1. The maximum atomic E-state index is 12.9. The number of ether oxygens (including phenoxy) is 1. The van der Waals surface area contributed by atoms with Crippen molar-refractivity contribution in [1.82, 2.24) is 15.2 Å². The average molecular weight is 382 g/mol. The van der Waals surface area contributed by atoms with Crippen molar-refractivity contribution in [2.24, 2.45) is 0 Å². The van der Waals surface area contributed by atoms with E-state index in [2.05, 4.69) is 22.5 Å². The Bertz CT molecular complexity index is 797. The van der Waals surface area contributed by atoms with Crippen LogP contribution in [-0.4, -0.2) is 41.0 Å². The van der Waals surface area contributed by atoms with Crippen LogP contribution in [0.25, 0.3) is 0 Å². The number of aromatic nitrogens is 1. The molecule has 1 saturated heterocycles. The van der Waals surface area contributed by atoms with Gasteiger partial charge in [0.1, 0.15) is 11.8 Å². The van der Waals surface area contributed by atoms with Crippen molar-refractivity contribution >= 4 is 17.6 Å². The summed E-state index contributed by atoms with van der Waals surface area (Å²) in [5.41, 5.74) is 0.564. The highest BCUT2D eigenvalue weighted by molar-refractivity contribution is 5.98. The van der Waals surface area contributed by atoms with Gasteiger partial charge in [0.25, 0.3) is 0 Å². The van der Waals surface area contributed by atoms with E-state index in [1.807, 2.05) is 12.1 Å². The third kappa shape index (κ3) is 5.00. The third-order valence-corrected chi connectivity index (χ3v) is 4.63. The number of carbonyl (C=O) groups excluding carboxylic acids is 2. The van der Waals surface area contributed by atoms with Crippen molar-refractivity contribution in [1.29, 1.82) is 0 Å². The maximum Gasteiger partial charge on any atom is 0.318 e. The van der Waals surface area contributed by atoms with E-state index in [0.29, 0.717) is 36.7 Å². The monoisotopic (exact) mass is 382 g/mol. The number of unbranched alkanes of at least 4 members (excludes halogenated alkanes) is 1. The second-order valence-corrected chi connectivity index (χ2v) is 6.71. The lowest BCUT2D eigenvalue weighted by Crippen LogP contribution is -2.47. The van der Waals surface area contributed by atoms with Gasteiger partial charge in [-0.2, -0.15) is 0 Å². The average Bonchev–Trinajstić information content (AvgIpc) is 3.20. The highest BCUT2D eigenvalue weighted by atomic mass is 16.5. The Balaban J connectivity index is 1.66. The van der Waals surface area contributed by atoms with E-state index >= 15 is 0 Å². The van der Waals surface area contributed by atoms with Crippen LogP contribution in [0.4, 0.5) is 10.5 Å². The standard InChI is InChI=1S/C21H26N4O3/c1-2-3-13-23-21(27)25-14-7-10-18(25)20(26)24-17-9-4-5-11-19(17)28-16-8-6-12-22-15-16/h4-6,8-9,11-12,15,18H,2-3,7,10,13-14H2,1H3,(H,23,27)(H,24,26)/t18-/m1/s1. The van der Waals surface area contributed by atoms with E-state index in [1.165, 1.54) is 0 Å². The summed E-state index contributed by atoms with van der Waals surface area (Å²) in [6.45, 7) is 3.29. The van der Waals surface area contributed by atoms with Crippen LogP contribution in [0, 0.1) is 0 Å². The van der Waals surface area contributed by atoms with Gasteiger partial charge in [-0.05, 0) is 43.5 Å². The molecule has 28 heavy (non-hydrogen) atoms. The Hall–Kier alpha value is -3.09. The first-order valence-corrected chi connectivity index (χ1v) is 9.71. The van der Waals surface area contributed by atoms with Crippen molar-refractivity contribution in [3.8, 4) is 11.5 Å². The number of amides is 3. The number of rotatable bonds is 7. The predicted octanol–water partition coefficient (Wildman–Crippen LogP) is 3.79. The first kappa shape index (κ1) is 19.7. The summed E-state index contributed by atoms with van der Waals surface area (Å²) < 4.78 is 5.84. The molecule has 0 unspecified atom stereocenters. The van der Waals surface area contributed by atoms with Crippen LogP contribution in [0.15, 0.2) is 48.8 Å². The van der Waals surface area contributed by atoms with Gasteiger partial charge in [0.05, 0.1) is 11.9 Å². The molecule has 0 spiro atoms. The molecule has 0 aliphatic carbocycles. The predicted molar refractivity (Wildman–Crippen MR) is 107 cm³/mol. The minimum Gasteiger partial charge on any atom is -0.454 e. The van der Waals surface area contributed by atoms with E-state index in [9.17, 15) is 9.59 Å². The number of hydrogen-bond donors (Lipinski definition) is 2. The third-order valence-electron chi connectivity index (χ3n) is 4.63. The number of hydrogen-bond acceptors (Lipinski definition) is 4. The zero-order chi connectivity index (χ0) is 19.8. The van der Waals surface area contributed by atoms with Crippen LogP contribution in [0.2, 0.25) is 0 Å². The molecular weight excluding hydrogens is 356 g/mol. The number of nitrogens with zero attached hydrogens (tertiary/aromatic N) is 2. The van der Waals surface area contributed by atoms with Gasteiger partial charge in [-0.15, -0.1) is 0 Å². The van der Waals surface area contributed by atoms with Crippen molar-refractivity contribution in [3.05, 3.63) is 48.8 Å². The smallest absolute Gasteiger partial charge is 0.318 e. The van der Waals surface area contributed by atoms with Gasteiger partial charge >= 0.3 is 6.03 Å². The molecule has 1 aliphatic rings. The molecule has 148 valence electrons.